The third-order valence-electron chi connectivity index (χ3n) is 6.13. The molecule has 2 rings (SSSR count). The highest BCUT2D eigenvalue weighted by molar-refractivity contribution is 5.95. The van der Waals surface area contributed by atoms with Gasteiger partial charge in [0.25, 0.3) is 0 Å². The van der Waals surface area contributed by atoms with Crippen molar-refractivity contribution in [3.05, 3.63) is 48.0 Å². The van der Waals surface area contributed by atoms with Gasteiger partial charge in [-0.05, 0) is 30.0 Å². The lowest BCUT2D eigenvalue weighted by Crippen LogP contribution is -2.59. The zero-order valence-electron chi connectivity index (χ0n) is 21.6. The second-order valence-electron chi connectivity index (χ2n) is 9.19. The highest BCUT2D eigenvalue weighted by atomic mass is 16.4. The van der Waals surface area contributed by atoms with Gasteiger partial charge >= 0.3 is 11.9 Å². The van der Waals surface area contributed by atoms with Crippen molar-refractivity contribution in [1.82, 2.24) is 25.9 Å². The average Bonchev–Trinajstić information content (AvgIpc) is 3.39. The van der Waals surface area contributed by atoms with Gasteiger partial charge in [-0.3, -0.25) is 19.2 Å². The van der Waals surface area contributed by atoms with E-state index in [-0.39, 0.29) is 18.6 Å². The predicted molar refractivity (Wildman–Crippen MR) is 137 cm³/mol. The van der Waals surface area contributed by atoms with E-state index in [4.69, 9.17) is 5.73 Å². The topological polar surface area (TPSA) is 237 Å². The van der Waals surface area contributed by atoms with E-state index in [1.165, 1.54) is 24.7 Å². The molecule has 3 amide bonds. The van der Waals surface area contributed by atoms with Crippen molar-refractivity contribution in [2.24, 2.45) is 11.7 Å². The van der Waals surface area contributed by atoms with Crippen LogP contribution in [0.3, 0.4) is 0 Å². The Morgan fingerprint density at radius 2 is 1.59 bits per heavy atom. The number of H-pyrrole nitrogens is 1. The molecule has 0 radical (unpaired) electrons. The highest BCUT2D eigenvalue weighted by Gasteiger charge is 2.33. The molecule has 14 nitrogen and oxygen atoms in total. The molecule has 212 valence electrons. The van der Waals surface area contributed by atoms with Crippen LogP contribution in [-0.4, -0.2) is 79.1 Å². The number of phenolic OH excluding ortho intramolecular Hbond substituents is 1. The molecule has 39 heavy (non-hydrogen) atoms. The van der Waals surface area contributed by atoms with Gasteiger partial charge in [-0.2, -0.15) is 0 Å². The first-order valence-electron chi connectivity index (χ1n) is 12.3. The van der Waals surface area contributed by atoms with Crippen LogP contribution in [0, 0.1) is 5.92 Å². The molecule has 0 saturated heterocycles. The number of carboxylic acid groups (broad SMARTS) is 2. The smallest absolute Gasteiger partial charge is 0.326 e. The molecule has 0 bridgehead atoms. The number of imidazole rings is 1. The number of carbonyl (C=O) groups is 5. The maximum absolute atomic E-state index is 13.1. The first kappa shape index (κ1) is 30.8. The Labute approximate surface area is 224 Å². The summed E-state index contributed by atoms with van der Waals surface area (Å²) in [5, 5.41) is 35.5. The van der Waals surface area contributed by atoms with Gasteiger partial charge < -0.3 is 42.0 Å². The molecule has 0 aliphatic rings. The van der Waals surface area contributed by atoms with E-state index in [9.17, 15) is 39.3 Å². The summed E-state index contributed by atoms with van der Waals surface area (Å²) in [6.45, 7) is 3.42. The lowest BCUT2D eigenvalue weighted by atomic mass is 9.97. The molecule has 5 unspecified atom stereocenters. The van der Waals surface area contributed by atoms with Crippen LogP contribution in [0.1, 0.15) is 37.9 Å². The van der Waals surface area contributed by atoms with E-state index in [1.54, 1.807) is 26.0 Å². The average molecular weight is 547 g/mol. The highest BCUT2D eigenvalue weighted by Crippen LogP contribution is 2.12. The van der Waals surface area contributed by atoms with E-state index in [2.05, 4.69) is 25.9 Å². The van der Waals surface area contributed by atoms with Crippen LogP contribution in [0.2, 0.25) is 0 Å². The molecular weight excluding hydrogens is 512 g/mol. The normalized spacial score (nSPS) is 14.7. The predicted octanol–water partition coefficient (Wildman–Crippen LogP) is -0.712. The molecule has 0 saturated carbocycles. The first-order valence-corrected chi connectivity index (χ1v) is 12.3. The van der Waals surface area contributed by atoms with Crippen molar-refractivity contribution < 1.29 is 39.3 Å². The molecule has 0 fully saturated rings. The van der Waals surface area contributed by atoms with Crippen molar-refractivity contribution in [3.63, 3.8) is 0 Å². The molecule has 0 aliphatic carbocycles. The Morgan fingerprint density at radius 1 is 0.949 bits per heavy atom. The van der Waals surface area contributed by atoms with Gasteiger partial charge in [0.15, 0.2) is 0 Å². The number of carboxylic acids is 2. The SMILES string of the molecule is CCC(C)C(NC(=O)C(CC(=O)O)NC(=O)C(N)Cc1ccc(O)cc1)C(=O)NC(Cc1cnc[nH]1)C(=O)O. The minimum absolute atomic E-state index is 0.0332. The number of hydrogen-bond acceptors (Lipinski definition) is 8. The lowest BCUT2D eigenvalue weighted by molar-refractivity contribution is -0.143. The Hall–Kier alpha value is -4.46. The van der Waals surface area contributed by atoms with Crippen LogP contribution in [-0.2, 0) is 36.8 Å². The van der Waals surface area contributed by atoms with Gasteiger partial charge in [-0.1, -0.05) is 32.4 Å². The van der Waals surface area contributed by atoms with E-state index in [1.807, 2.05) is 0 Å². The monoisotopic (exact) mass is 546 g/mol. The number of rotatable bonds is 15. The lowest BCUT2D eigenvalue weighted by Gasteiger charge is -2.27. The molecule has 5 atom stereocenters. The van der Waals surface area contributed by atoms with Crippen LogP contribution < -0.4 is 21.7 Å². The van der Waals surface area contributed by atoms with Crippen LogP contribution >= 0.6 is 0 Å². The number of phenols is 1. The number of nitrogens with one attached hydrogen (secondary N) is 4. The summed E-state index contributed by atoms with van der Waals surface area (Å²) in [6, 6.07) is 0.742. The third kappa shape index (κ3) is 9.74. The quantitative estimate of drug-likeness (QED) is 0.140. The number of aliphatic carboxylic acids is 2. The van der Waals surface area contributed by atoms with Gasteiger partial charge in [-0.25, -0.2) is 9.78 Å². The van der Waals surface area contributed by atoms with Gasteiger partial charge in [0, 0.05) is 18.3 Å². The summed E-state index contributed by atoms with van der Waals surface area (Å²) in [7, 11) is 0. The van der Waals surface area contributed by atoms with Crippen LogP contribution in [0.25, 0.3) is 0 Å². The molecule has 9 N–H and O–H groups in total. The molecule has 1 aromatic heterocycles. The van der Waals surface area contributed by atoms with Crippen LogP contribution in [0.5, 0.6) is 5.75 Å². The molecule has 1 heterocycles. The number of nitrogens with two attached hydrogens (primary N) is 1. The van der Waals surface area contributed by atoms with Crippen molar-refractivity contribution in [3.8, 4) is 5.75 Å². The van der Waals surface area contributed by atoms with Crippen LogP contribution in [0.15, 0.2) is 36.8 Å². The Bertz CT molecular complexity index is 1140. The largest absolute Gasteiger partial charge is 0.508 e. The third-order valence-corrected chi connectivity index (χ3v) is 6.13. The number of benzene rings is 1. The summed E-state index contributed by atoms with van der Waals surface area (Å²) < 4.78 is 0. The van der Waals surface area contributed by atoms with Crippen LogP contribution in [0.4, 0.5) is 0 Å². The van der Waals surface area contributed by atoms with Gasteiger partial charge in [0.05, 0.1) is 18.8 Å². The second-order valence-corrected chi connectivity index (χ2v) is 9.19. The molecular formula is C25H34N6O8. The Morgan fingerprint density at radius 3 is 2.13 bits per heavy atom. The minimum atomic E-state index is -1.56. The van der Waals surface area contributed by atoms with E-state index in [0.717, 1.165) is 0 Å². The van der Waals surface area contributed by atoms with Gasteiger partial charge in [0.2, 0.25) is 17.7 Å². The first-order chi connectivity index (χ1) is 18.4. The summed E-state index contributed by atoms with van der Waals surface area (Å²) >= 11 is 0. The number of hydrogen-bond donors (Lipinski definition) is 8. The van der Waals surface area contributed by atoms with Gasteiger partial charge in [0.1, 0.15) is 23.9 Å². The van der Waals surface area contributed by atoms with Crippen molar-refractivity contribution >= 4 is 29.7 Å². The van der Waals surface area contributed by atoms with Crippen molar-refractivity contribution in [2.45, 2.75) is 63.7 Å². The number of aromatic amines is 1. The number of amides is 3. The molecule has 1 aromatic carbocycles. The Kier molecular flexibility index (Phi) is 11.4. The summed E-state index contributed by atoms with van der Waals surface area (Å²) in [5.74, 6) is -5.63. The minimum Gasteiger partial charge on any atom is -0.508 e. The number of aromatic hydroxyl groups is 1. The number of nitrogens with zero attached hydrogens (tertiary/aromatic N) is 1. The molecule has 14 heteroatoms. The second kappa shape index (κ2) is 14.5. The van der Waals surface area contributed by atoms with E-state index < -0.39 is 66.2 Å². The Balaban J connectivity index is 2.13. The van der Waals surface area contributed by atoms with E-state index in [0.29, 0.717) is 17.7 Å². The maximum Gasteiger partial charge on any atom is 0.326 e. The molecule has 0 spiro atoms. The van der Waals surface area contributed by atoms with Crippen molar-refractivity contribution in [1.29, 1.82) is 0 Å². The summed E-state index contributed by atoms with van der Waals surface area (Å²) in [5.41, 5.74) is 7.05. The summed E-state index contributed by atoms with van der Waals surface area (Å²) in [4.78, 5) is 68.6. The fourth-order valence-corrected chi connectivity index (χ4v) is 3.67. The number of aromatic nitrogens is 2. The zero-order chi connectivity index (χ0) is 29.1. The van der Waals surface area contributed by atoms with E-state index >= 15 is 0 Å². The number of carbonyl (C=O) groups excluding carboxylic acids is 3. The fraction of sp³-hybridized carbons (Fsp3) is 0.440. The summed E-state index contributed by atoms with van der Waals surface area (Å²) in [6.07, 6.45) is 2.39. The zero-order valence-corrected chi connectivity index (χ0v) is 21.6. The van der Waals surface area contributed by atoms with Crippen molar-refractivity contribution in [2.75, 3.05) is 0 Å². The van der Waals surface area contributed by atoms with Gasteiger partial charge in [-0.15, -0.1) is 0 Å². The molecule has 2 aromatic rings. The standard InChI is InChI=1S/C25H34N6O8/c1-3-13(2)21(24(37)30-19(25(38)39)9-15-11-27-12-28-15)31-23(36)18(10-20(33)34)29-22(35)17(26)8-14-4-6-16(32)7-5-14/h4-7,11-13,17-19,21,32H,3,8-10,26H2,1-2H3,(H,27,28)(H,29,35)(H,30,37)(H,31,36)(H,33,34)(H,38,39). The maximum atomic E-state index is 13.1. The fourth-order valence-electron chi connectivity index (χ4n) is 3.67. The molecule has 0 aliphatic heterocycles.